The molecule has 3 heteroatoms. The second-order valence-corrected chi connectivity index (χ2v) is 5.49. The van der Waals surface area contributed by atoms with Crippen LogP contribution in [0.3, 0.4) is 0 Å². The maximum absolute atomic E-state index is 3.57. The minimum atomic E-state index is 0. The Hall–Kier alpha value is -0.0500. The molecule has 0 rings (SSSR count). The molecule has 0 amide bonds. The van der Waals surface area contributed by atoms with Crippen LogP contribution in [0.25, 0.3) is 0 Å². The fourth-order valence-corrected chi connectivity index (χ4v) is 2.13. The van der Waals surface area contributed by atoms with Gasteiger partial charge in [-0.05, 0) is 12.8 Å². The highest BCUT2D eigenvalue weighted by Crippen LogP contribution is 2.08. The summed E-state index contributed by atoms with van der Waals surface area (Å²) in [4.78, 5) is 0. The number of amidine groups is 1. The van der Waals surface area contributed by atoms with Gasteiger partial charge in [0.05, 0.1) is 20.6 Å². The third-order valence-electron chi connectivity index (χ3n) is 3.42. The molecular weight excluding hydrogens is 300 g/mol. The maximum atomic E-state index is 3.57. The van der Waals surface area contributed by atoms with Crippen LogP contribution in [0.4, 0.5) is 0 Å². The molecule has 0 aromatic rings. The molecule has 0 aliphatic rings. The molecule has 0 bridgehead atoms. The van der Waals surface area contributed by atoms with Gasteiger partial charge in [-0.1, -0.05) is 58.8 Å². The van der Waals surface area contributed by atoms with Crippen molar-refractivity contribution in [2.45, 2.75) is 78.1 Å². The van der Waals surface area contributed by atoms with E-state index in [-0.39, 0.29) is 17.0 Å². The average molecular weight is 335 g/mol. The summed E-state index contributed by atoms with van der Waals surface area (Å²) >= 11 is 0. The van der Waals surface area contributed by atoms with Crippen LogP contribution in [-0.2, 0) is 0 Å². The van der Waals surface area contributed by atoms with E-state index in [1.807, 2.05) is 0 Å². The molecule has 0 spiro atoms. The first-order valence-electron chi connectivity index (χ1n) is 7.99. The molecule has 0 unspecified atom stereocenters. The molecule has 0 fully saturated rings. The van der Waals surface area contributed by atoms with Crippen LogP contribution < -0.4 is 22.3 Å². The zero-order valence-electron chi connectivity index (χ0n) is 13.6. The Bertz CT molecular complexity index is 211. The first-order chi connectivity index (χ1) is 8.72. The van der Waals surface area contributed by atoms with E-state index >= 15 is 0 Å². The van der Waals surface area contributed by atoms with Crippen LogP contribution in [0.2, 0.25) is 0 Å². The zero-order chi connectivity index (χ0) is 13.6. The molecular formula is C16H35BrN2. The first kappa shape index (κ1) is 21.3. The third kappa shape index (κ3) is 14.2. The second-order valence-electron chi connectivity index (χ2n) is 5.49. The van der Waals surface area contributed by atoms with Gasteiger partial charge in [0.1, 0.15) is 0 Å². The first-order valence-corrected chi connectivity index (χ1v) is 7.99. The Labute approximate surface area is 131 Å². The lowest BCUT2D eigenvalue weighted by Gasteiger charge is -2.06. The molecule has 0 heterocycles. The highest BCUT2D eigenvalue weighted by molar-refractivity contribution is 5.77. The predicted molar refractivity (Wildman–Crippen MR) is 82.6 cm³/mol. The number of halogens is 1. The molecule has 19 heavy (non-hydrogen) atoms. The summed E-state index contributed by atoms with van der Waals surface area (Å²) < 4.78 is 2.24. The lowest BCUT2D eigenvalue weighted by molar-refractivity contribution is -0.468. The molecule has 0 saturated carbocycles. The van der Waals surface area contributed by atoms with Gasteiger partial charge in [-0.2, -0.15) is 0 Å². The van der Waals surface area contributed by atoms with Crippen molar-refractivity contribution in [3.63, 3.8) is 0 Å². The van der Waals surface area contributed by atoms with Gasteiger partial charge in [-0.15, -0.1) is 0 Å². The summed E-state index contributed by atoms with van der Waals surface area (Å²) in [6.07, 6.45) is 13.5. The number of hydrogen-bond donors (Lipinski definition) is 1. The minimum absolute atomic E-state index is 0. The fraction of sp³-hybridized carbons (Fsp3) is 0.938. The van der Waals surface area contributed by atoms with E-state index in [2.05, 4.69) is 37.8 Å². The van der Waals surface area contributed by atoms with Crippen LogP contribution >= 0.6 is 0 Å². The van der Waals surface area contributed by atoms with Gasteiger partial charge in [-0.25, -0.2) is 0 Å². The van der Waals surface area contributed by atoms with Gasteiger partial charge >= 0.3 is 0 Å². The van der Waals surface area contributed by atoms with Gasteiger partial charge in [0.15, 0.2) is 0 Å². The molecule has 1 N–H and O–H groups in total. The van der Waals surface area contributed by atoms with E-state index < -0.39 is 0 Å². The normalized spacial score (nSPS) is 9.89. The SMILES string of the molecule is CCCCCCCCCC(NCCCC)=[N+](C)C.[Br-]. The summed E-state index contributed by atoms with van der Waals surface area (Å²) in [6, 6.07) is 0. The molecule has 116 valence electrons. The highest BCUT2D eigenvalue weighted by atomic mass is 79.9. The van der Waals surface area contributed by atoms with Gasteiger partial charge in [0, 0.05) is 6.42 Å². The van der Waals surface area contributed by atoms with E-state index in [1.165, 1.54) is 70.0 Å². The number of rotatable bonds is 11. The van der Waals surface area contributed by atoms with Gasteiger partial charge in [0.25, 0.3) is 0 Å². The largest absolute Gasteiger partial charge is 1.00 e. The summed E-state index contributed by atoms with van der Waals surface area (Å²) in [7, 11) is 4.30. The van der Waals surface area contributed by atoms with Crippen molar-refractivity contribution in [1.29, 1.82) is 0 Å². The van der Waals surface area contributed by atoms with Gasteiger partial charge in [-0.3, -0.25) is 9.89 Å². The Morgan fingerprint density at radius 3 is 1.84 bits per heavy atom. The van der Waals surface area contributed by atoms with Crippen molar-refractivity contribution < 1.29 is 21.6 Å². The summed E-state index contributed by atoms with van der Waals surface area (Å²) in [6.45, 7) is 5.65. The monoisotopic (exact) mass is 334 g/mol. The average Bonchev–Trinajstić information content (AvgIpc) is 2.35. The smallest absolute Gasteiger partial charge is 0.244 e. The van der Waals surface area contributed by atoms with E-state index in [9.17, 15) is 0 Å². The molecule has 0 aromatic carbocycles. The van der Waals surface area contributed by atoms with Crippen LogP contribution in [-0.4, -0.2) is 31.1 Å². The van der Waals surface area contributed by atoms with Crippen molar-refractivity contribution in [1.82, 2.24) is 5.32 Å². The Morgan fingerprint density at radius 1 is 0.789 bits per heavy atom. The fourth-order valence-electron chi connectivity index (χ4n) is 2.13. The summed E-state index contributed by atoms with van der Waals surface area (Å²) in [5.41, 5.74) is 0. The van der Waals surface area contributed by atoms with Crippen LogP contribution in [0.1, 0.15) is 78.1 Å². The molecule has 0 aliphatic carbocycles. The topological polar surface area (TPSA) is 15.0 Å². The minimum Gasteiger partial charge on any atom is -1.00 e. The lowest BCUT2D eigenvalue weighted by Crippen LogP contribution is -3.00. The van der Waals surface area contributed by atoms with Crippen LogP contribution in [0, 0.1) is 0 Å². The van der Waals surface area contributed by atoms with Crippen LogP contribution in [0.15, 0.2) is 0 Å². The van der Waals surface area contributed by atoms with Gasteiger partial charge < -0.3 is 17.0 Å². The highest BCUT2D eigenvalue weighted by Gasteiger charge is 2.06. The molecule has 0 radical (unpaired) electrons. The maximum Gasteiger partial charge on any atom is 0.244 e. The van der Waals surface area contributed by atoms with Gasteiger partial charge in [0.2, 0.25) is 5.84 Å². The quantitative estimate of drug-likeness (QED) is 0.259. The van der Waals surface area contributed by atoms with E-state index in [0.29, 0.717) is 0 Å². The van der Waals surface area contributed by atoms with E-state index in [4.69, 9.17) is 0 Å². The Kier molecular flexibility index (Phi) is 17.9. The van der Waals surface area contributed by atoms with Crippen molar-refractivity contribution in [3.8, 4) is 0 Å². The molecule has 0 saturated heterocycles. The third-order valence-corrected chi connectivity index (χ3v) is 3.42. The number of nitrogens with zero attached hydrogens (tertiary/aromatic N) is 1. The summed E-state index contributed by atoms with van der Waals surface area (Å²) in [5.74, 6) is 1.41. The van der Waals surface area contributed by atoms with Crippen molar-refractivity contribution in [2.24, 2.45) is 0 Å². The summed E-state index contributed by atoms with van der Waals surface area (Å²) in [5, 5.41) is 3.57. The van der Waals surface area contributed by atoms with E-state index in [1.54, 1.807) is 0 Å². The van der Waals surface area contributed by atoms with Crippen LogP contribution in [0.5, 0.6) is 0 Å². The molecule has 0 aromatic heterocycles. The lowest BCUT2D eigenvalue weighted by atomic mass is 10.1. The van der Waals surface area contributed by atoms with E-state index in [0.717, 1.165) is 6.54 Å². The zero-order valence-corrected chi connectivity index (χ0v) is 15.2. The predicted octanol–water partition coefficient (Wildman–Crippen LogP) is 1.19. The molecule has 0 aliphatic heterocycles. The second kappa shape index (κ2) is 16.0. The van der Waals surface area contributed by atoms with Crippen molar-refractivity contribution in [3.05, 3.63) is 0 Å². The van der Waals surface area contributed by atoms with Crippen molar-refractivity contribution >= 4 is 5.84 Å². The number of nitrogens with one attached hydrogen (secondary N) is 1. The standard InChI is InChI=1S/C16H34N2.BrH/c1-5-7-9-10-11-12-13-14-16(18(3)4)17-15-8-6-2;/h5-15H2,1-4H3;1H. The van der Waals surface area contributed by atoms with Crippen molar-refractivity contribution in [2.75, 3.05) is 20.6 Å². The molecule has 0 atom stereocenters. The Balaban J connectivity index is 0. The number of unbranched alkanes of at least 4 members (excludes halogenated alkanes) is 7. The Morgan fingerprint density at radius 2 is 1.32 bits per heavy atom. The molecule has 2 nitrogen and oxygen atoms in total. The number of hydrogen-bond acceptors (Lipinski definition) is 0.